The molecule has 0 aliphatic heterocycles. The first kappa shape index (κ1) is 13.6. The average molecular weight is 288 g/mol. The second kappa shape index (κ2) is 5.02. The Hall–Kier alpha value is -1.87. The summed E-state index contributed by atoms with van der Waals surface area (Å²) in [4.78, 5) is 3.30. The quantitative estimate of drug-likeness (QED) is 0.882. The zero-order chi connectivity index (χ0) is 14.0. The number of nitrogens with zero attached hydrogens (tertiary/aromatic N) is 2. The first-order valence-corrected chi connectivity index (χ1v) is 6.70. The summed E-state index contributed by atoms with van der Waals surface area (Å²) in [5.41, 5.74) is 0. The van der Waals surface area contributed by atoms with E-state index in [-0.39, 0.29) is 0 Å². The number of hydrogen-bond donors (Lipinski definition) is 2. The zero-order valence-corrected chi connectivity index (χ0v) is 10.6. The maximum atomic E-state index is 13.0. The third kappa shape index (κ3) is 3.12. The van der Waals surface area contributed by atoms with Crippen LogP contribution in [-0.4, -0.2) is 23.6 Å². The van der Waals surface area contributed by atoms with Crippen molar-refractivity contribution >= 4 is 10.0 Å². The SMILES string of the molecule is CC(NS(=O)(=O)c1cc(F)cc(F)c1)c1ncn[nH]1. The minimum atomic E-state index is -4.05. The molecular formula is C10H10F2N4O2S. The normalized spacial score (nSPS) is 13.4. The third-order valence-corrected chi connectivity index (χ3v) is 3.84. The van der Waals surface area contributed by atoms with Gasteiger partial charge in [-0.15, -0.1) is 0 Å². The van der Waals surface area contributed by atoms with Crippen LogP contribution in [0.4, 0.5) is 8.78 Å². The maximum absolute atomic E-state index is 13.0. The summed E-state index contributed by atoms with van der Waals surface area (Å²) in [5.74, 6) is -1.64. The molecule has 19 heavy (non-hydrogen) atoms. The number of halogens is 2. The summed E-state index contributed by atoms with van der Waals surface area (Å²) in [6, 6.07) is 1.36. The van der Waals surface area contributed by atoms with Crippen molar-refractivity contribution in [2.24, 2.45) is 0 Å². The molecule has 1 aromatic carbocycles. The molecule has 0 fully saturated rings. The summed E-state index contributed by atoms with van der Waals surface area (Å²) in [7, 11) is -4.05. The first-order valence-electron chi connectivity index (χ1n) is 5.22. The van der Waals surface area contributed by atoms with E-state index in [9.17, 15) is 17.2 Å². The molecule has 1 heterocycles. The summed E-state index contributed by atoms with van der Waals surface area (Å²) in [6.07, 6.45) is 1.22. The van der Waals surface area contributed by atoms with Gasteiger partial charge in [0.1, 0.15) is 23.8 Å². The van der Waals surface area contributed by atoms with E-state index in [1.165, 1.54) is 13.3 Å². The van der Waals surface area contributed by atoms with E-state index in [0.29, 0.717) is 11.9 Å². The molecule has 1 aromatic heterocycles. The Kier molecular flexibility index (Phi) is 3.58. The van der Waals surface area contributed by atoms with Crippen LogP contribution < -0.4 is 4.72 Å². The Bertz CT molecular complexity index is 653. The van der Waals surface area contributed by atoms with Gasteiger partial charge < -0.3 is 0 Å². The lowest BCUT2D eigenvalue weighted by molar-refractivity contribution is 0.549. The summed E-state index contributed by atoms with van der Waals surface area (Å²) >= 11 is 0. The summed E-state index contributed by atoms with van der Waals surface area (Å²) in [6.45, 7) is 1.52. The Morgan fingerprint density at radius 2 is 1.89 bits per heavy atom. The molecule has 0 saturated carbocycles. The van der Waals surface area contributed by atoms with E-state index < -0.39 is 32.6 Å². The van der Waals surface area contributed by atoms with Crippen molar-refractivity contribution in [3.63, 3.8) is 0 Å². The van der Waals surface area contributed by atoms with Gasteiger partial charge in [0.05, 0.1) is 10.9 Å². The van der Waals surface area contributed by atoms with Crippen molar-refractivity contribution in [2.75, 3.05) is 0 Å². The second-order valence-corrected chi connectivity index (χ2v) is 5.53. The molecule has 0 amide bonds. The molecule has 0 spiro atoms. The standard InChI is InChI=1S/C10H10F2N4O2S/c1-6(10-13-5-14-15-10)16-19(17,18)9-3-7(11)2-8(12)4-9/h2-6,16H,1H3,(H,13,14,15). The van der Waals surface area contributed by atoms with Gasteiger partial charge in [0.2, 0.25) is 10.0 Å². The summed E-state index contributed by atoms with van der Waals surface area (Å²) < 4.78 is 52.1. The fraction of sp³-hybridized carbons (Fsp3) is 0.200. The molecule has 0 saturated heterocycles. The van der Waals surface area contributed by atoms with Gasteiger partial charge in [0.15, 0.2) is 0 Å². The number of rotatable bonds is 4. The van der Waals surface area contributed by atoms with Crippen molar-refractivity contribution in [3.05, 3.63) is 42.0 Å². The van der Waals surface area contributed by atoms with Gasteiger partial charge in [-0.25, -0.2) is 26.9 Å². The lowest BCUT2D eigenvalue weighted by atomic mass is 10.3. The topological polar surface area (TPSA) is 87.7 Å². The monoisotopic (exact) mass is 288 g/mol. The van der Waals surface area contributed by atoms with E-state index in [0.717, 1.165) is 12.1 Å². The van der Waals surface area contributed by atoms with Crippen molar-refractivity contribution in [1.29, 1.82) is 0 Å². The zero-order valence-electron chi connectivity index (χ0n) is 9.76. The van der Waals surface area contributed by atoms with Gasteiger partial charge >= 0.3 is 0 Å². The molecule has 0 radical (unpaired) electrons. The number of benzene rings is 1. The predicted molar refractivity (Wildman–Crippen MR) is 61.5 cm³/mol. The molecule has 9 heteroatoms. The number of H-pyrrole nitrogens is 1. The highest BCUT2D eigenvalue weighted by molar-refractivity contribution is 7.89. The van der Waals surface area contributed by atoms with E-state index >= 15 is 0 Å². The predicted octanol–water partition coefficient (Wildman–Crippen LogP) is 1.12. The van der Waals surface area contributed by atoms with Crippen molar-refractivity contribution in [1.82, 2.24) is 19.9 Å². The largest absolute Gasteiger partial charge is 0.262 e. The molecule has 0 aliphatic carbocycles. The molecule has 2 rings (SSSR count). The van der Waals surface area contributed by atoms with Gasteiger partial charge in [-0.2, -0.15) is 5.10 Å². The number of hydrogen-bond acceptors (Lipinski definition) is 4. The highest BCUT2D eigenvalue weighted by atomic mass is 32.2. The van der Waals surface area contributed by atoms with Crippen LogP contribution in [0.2, 0.25) is 0 Å². The van der Waals surface area contributed by atoms with Crippen molar-refractivity contribution in [3.8, 4) is 0 Å². The lowest BCUT2D eigenvalue weighted by Gasteiger charge is -2.11. The van der Waals surface area contributed by atoms with Crippen molar-refractivity contribution < 1.29 is 17.2 Å². The van der Waals surface area contributed by atoms with Crippen molar-refractivity contribution in [2.45, 2.75) is 17.9 Å². The molecule has 2 aromatic rings. The van der Waals surface area contributed by atoms with Crippen LogP contribution in [0.3, 0.4) is 0 Å². The second-order valence-electron chi connectivity index (χ2n) is 3.82. The molecule has 1 atom stereocenters. The number of aromatic amines is 1. The van der Waals surface area contributed by atoms with Gasteiger partial charge in [0, 0.05) is 6.07 Å². The van der Waals surface area contributed by atoms with Gasteiger partial charge in [-0.05, 0) is 19.1 Å². The molecule has 0 bridgehead atoms. The average Bonchev–Trinajstić information content (AvgIpc) is 2.80. The first-order chi connectivity index (χ1) is 8.88. The molecule has 0 aliphatic rings. The minimum Gasteiger partial charge on any atom is -0.262 e. The lowest BCUT2D eigenvalue weighted by Crippen LogP contribution is -2.27. The number of nitrogens with one attached hydrogen (secondary N) is 2. The Balaban J connectivity index is 2.27. The molecule has 102 valence electrons. The van der Waals surface area contributed by atoms with Crippen LogP contribution in [0.15, 0.2) is 29.4 Å². The molecule has 6 nitrogen and oxygen atoms in total. The smallest absolute Gasteiger partial charge is 0.241 e. The number of aromatic nitrogens is 3. The van der Waals surface area contributed by atoms with E-state index in [1.807, 2.05) is 0 Å². The Morgan fingerprint density at radius 1 is 1.26 bits per heavy atom. The van der Waals surface area contributed by atoms with Crippen LogP contribution in [-0.2, 0) is 10.0 Å². The fourth-order valence-electron chi connectivity index (χ4n) is 1.46. The van der Waals surface area contributed by atoms with E-state index in [1.54, 1.807) is 0 Å². The molecular weight excluding hydrogens is 278 g/mol. The number of sulfonamides is 1. The Labute approximate surface area is 107 Å². The fourth-order valence-corrected chi connectivity index (χ4v) is 2.71. The van der Waals surface area contributed by atoms with Crippen LogP contribution in [0, 0.1) is 11.6 Å². The highest BCUT2D eigenvalue weighted by Gasteiger charge is 2.21. The minimum absolute atomic E-state index is 0.292. The Morgan fingerprint density at radius 3 is 2.42 bits per heavy atom. The molecule has 2 N–H and O–H groups in total. The van der Waals surface area contributed by atoms with Crippen LogP contribution in [0.5, 0.6) is 0 Å². The van der Waals surface area contributed by atoms with Crippen LogP contribution >= 0.6 is 0 Å². The van der Waals surface area contributed by atoms with Crippen LogP contribution in [0.25, 0.3) is 0 Å². The summed E-state index contributed by atoms with van der Waals surface area (Å²) in [5, 5.41) is 6.08. The molecule has 1 unspecified atom stereocenters. The van der Waals surface area contributed by atoms with Gasteiger partial charge in [-0.1, -0.05) is 0 Å². The van der Waals surface area contributed by atoms with E-state index in [2.05, 4.69) is 19.9 Å². The van der Waals surface area contributed by atoms with Crippen LogP contribution in [0.1, 0.15) is 18.8 Å². The third-order valence-electron chi connectivity index (χ3n) is 2.32. The van der Waals surface area contributed by atoms with Gasteiger partial charge in [-0.3, -0.25) is 5.10 Å². The highest BCUT2D eigenvalue weighted by Crippen LogP contribution is 2.16. The van der Waals surface area contributed by atoms with Gasteiger partial charge in [0.25, 0.3) is 0 Å². The maximum Gasteiger partial charge on any atom is 0.241 e. The van der Waals surface area contributed by atoms with E-state index in [4.69, 9.17) is 0 Å².